The van der Waals surface area contributed by atoms with Crippen molar-refractivity contribution in [2.24, 2.45) is 11.8 Å². The molecule has 4 bridgehead atoms. The summed E-state index contributed by atoms with van der Waals surface area (Å²) in [7, 11) is 4.12. The second-order valence-corrected chi connectivity index (χ2v) is 21.2. The van der Waals surface area contributed by atoms with E-state index in [1.165, 1.54) is 17.5 Å². The van der Waals surface area contributed by atoms with Crippen LogP contribution in [0.2, 0.25) is 0 Å². The number of amides is 2. The number of rotatable bonds is 13. The Morgan fingerprint density at radius 1 is 0.625 bits per heavy atom. The van der Waals surface area contributed by atoms with E-state index >= 15 is 0 Å². The molecular weight excluding hydrogens is 897 g/mol. The number of hydrogen-bond donors (Lipinski definition) is 2. The number of carbonyl (C=O) groups excluding carboxylic acids is 2. The molecule has 0 aliphatic carbocycles. The molecule has 0 spiro atoms. The van der Waals surface area contributed by atoms with Gasteiger partial charge in [0, 0.05) is 44.8 Å². The quantitative estimate of drug-likeness (QED) is 0.117. The molecule has 3 aliphatic heterocycles. The SMILES string of the molecule is CC(C)C(C(=O)N1CCC[C@H]1c1ncc(-c2ccc(-c3ccc4c(c3)OCCCCCCCCO[C@H]3C[C@@H](c5ncc-4[nH]5)N(C(=O)C(C(C)C)N(C)Cc4ccccc4)C3)cc2)[nH]1)N(C)Cc1ccccc1. The normalized spacial score (nSPS) is 19.8. The van der Waals surface area contributed by atoms with E-state index in [4.69, 9.17) is 19.4 Å². The van der Waals surface area contributed by atoms with Crippen molar-refractivity contribution in [3.05, 3.63) is 138 Å². The van der Waals surface area contributed by atoms with Gasteiger partial charge in [0.1, 0.15) is 17.4 Å². The number of H-pyrrole nitrogens is 2. The van der Waals surface area contributed by atoms with Gasteiger partial charge in [-0.1, -0.05) is 144 Å². The number of likely N-dealkylation sites (tertiary alicyclic amines) is 2. The number of hydrogen-bond acceptors (Lipinski definition) is 8. The molecule has 72 heavy (non-hydrogen) atoms. The molecule has 0 saturated carbocycles. The molecule has 2 fully saturated rings. The van der Waals surface area contributed by atoms with E-state index in [1.54, 1.807) is 0 Å². The second kappa shape index (κ2) is 23.6. The molecule has 2 aromatic heterocycles. The van der Waals surface area contributed by atoms with Crippen molar-refractivity contribution in [1.82, 2.24) is 39.5 Å². The molecule has 2 N–H and O–H groups in total. The number of fused-ring (bicyclic) bond motifs is 7. The number of imidazole rings is 2. The van der Waals surface area contributed by atoms with Gasteiger partial charge in [-0.25, -0.2) is 9.97 Å². The van der Waals surface area contributed by atoms with Gasteiger partial charge in [0.25, 0.3) is 0 Å². The molecule has 2 saturated heterocycles. The number of carbonyl (C=O) groups is 2. The van der Waals surface area contributed by atoms with E-state index in [0.717, 1.165) is 103 Å². The van der Waals surface area contributed by atoms with Crippen LogP contribution in [0.1, 0.15) is 120 Å². The number of nitrogens with one attached hydrogen (secondary N) is 2. The van der Waals surface area contributed by atoms with Crippen LogP contribution in [-0.4, -0.2) is 110 Å². The minimum Gasteiger partial charge on any atom is -0.493 e. The highest BCUT2D eigenvalue weighted by molar-refractivity contribution is 5.84. The third-order valence-corrected chi connectivity index (χ3v) is 15.1. The summed E-state index contributed by atoms with van der Waals surface area (Å²) in [6.45, 7) is 12.5. The van der Waals surface area contributed by atoms with Gasteiger partial charge in [-0.2, -0.15) is 0 Å². The van der Waals surface area contributed by atoms with E-state index in [0.29, 0.717) is 39.3 Å². The van der Waals surface area contributed by atoms with Crippen LogP contribution in [0.4, 0.5) is 0 Å². The van der Waals surface area contributed by atoms with Crippen LogP contribution >= 0.6 is 0 Å². The maximum Gasteiger partial charge on any atom is 0.240 e. The van der Waals surface area contributed by atoms with Crippen LogP contribution in [0.25, 0.3) is 33.6 Å². The fraction of sp³-hybridized carbons (Fsp3) is 0.467. The maximum atomic E-state index is 14.8. The van der Waals surface area contributed by atoms with E-state index in [9.17, 15) is 9.59 Å². The summed E-state index contributed by atoms with van der Waals surface area (Å²) in [5.74, 6) is 2.95. The highest BCUT2D eigenvalue weighted by Gasteiger charge is 2.43. The monoisotopic (exact) mass is 973 g/mol. The van der Waals surface area contributed by atoms with Gasteiger partial charge < -0.3 is 29.2 Å². The average molecular weight is 973 g/mol. The maximum absolute atomic E-state index is 14.8. The molecule has 5 heterocycles. The molecule has 12 heteroatoms. The first-order valence-corrected chi connectivity index (χ1v) is 26.7. The number of aromatic amines is 2. The zero-order valence-corrected chi connectivity index (χ0v) is 43.4. The molecule has 9 rings (SSSR count). The molecule has 6 aromatic rings. The molecule has 0 radical (unpaired) electrons. The predicted octanol–water partition coefficient (Wildman–Crippen LogP) is 11.5. The minimum absolute atomic E-state index is 0.0624. The fourth-order valence-corrected chi connectivity index (χ4v) is 11.5. The molecule has 4 aromatic carbocycles. The summed E-state index contributed by atoms with van der Waals surface area (Å²) in [4.78, 5) is 54.7. The third-order valence-electron chi connectivity index (χ3n) is 15.1. The molecule has 380 valence electrons. The lowest BCUT2D eigenvalue weighted by Crippen LogP contribution is -2.50. The first kappa shape index (κ1) is 50.8. The number of nitrogens with zero attached hydrogens (tertiary/aromatic N) is 6. The summed E-state index contributed by atoms with van der Waals surface area (Å²) in [6.07, 6.45) is 12.8. The zero-order chi connectivity index (χ0) is 50.1. The summed E-state index contributed by atoms with van der Waals surface area (Å²) in [5, 5.41) is 0. The Morgan fingerprint density at radius 3 is 1.81 bits per heavy atom. The van der Waals surface area contributed by atoms with Crippen molar-refractivity contribution in [2.45, 2.75) is 129 Å². The van der Waals surface area contributed by atoms with Crippen molar-refractivity contribution >= 4 is 11.8 Å². The first-order chi connectivity index (χ1) is 35.0. The Balaban J connectivity index is 0.929. The Kier molecular flexibility index (Phi) is 16.7. The van der Waals surface area contributed by atoms with Crippen molar-refractivity contribution in [3.8, 4) is 39.4 Å². The molecule has 3 aliphatic rings. The zero-order valence-electron chi connectivity index (χ0n) is 43.4. The topological polar surface area (TPSA) is 123 Å². The largest absolute Gasteiger partial charge is 0.493 e. The summed E-state index contributed by atoms with van der Waals surface area (Å²) in [6, 6.07) is 34.9. The summed E-state index contributed by atoms with van der Waals surface area (Å²) in [5.41, 5.74) is 8.26. The number of ether oxygens (including phenoxy) is 2. The van der Waals surface area contributed by atoms with E-state index in [-0.39, 0.29) is 53.9 Å². The number of likely N-dealkylation sites (N-methyl/N-ethyl adjacent to an activating group) is 2. The second-order valence-electron chi connectivity index (χ2n) is 21.2. The first-order valence-electron chi connectivity index (χ1n) is 26.7. The van der Waals surface area contributed by atoms with E-state index < -0.39 is 0 Å². The van der Waals surface area contributed by atoms with Crippen molar-refractivity contribution in [2.75, 3.05) is 40.4 Å². The van der Waals surface area contributed by atoms with Crippen LogP contribution in [0.3, 0.4) is 0 Å². The van der Waals surface area contributed by atoms with Crippen LogP contribution in [0, 0.1) is 11.8 Å². The lowest BCUT2D eigenvalue weighted by Gasteiger charge is -2.35. The Bertz CT molecular complexity index is 2680. The van der Waals surface area contributed by atoms with Crippen molar-refractivity contribution in [3.63, 3.8) is 0 Å². The number of benzene rings is 4. The molecule has 5 atom stereocenters. The van der Waals surface area contributed by atoms with Crippen LogP contribution < -0.4 is 4.74 Å². The minimum atomic E-state index is -0.304. The van der Waals surface area contributed by atoms with Gasteiger partial charge in [-0.15, -0.1) is 0 Å². The number of aromatic nitrogens is 4. The van der Waals surface area contributed by atoms with Gasteiger partial charge in [-0.05, 0) is 91.6 Å². The highest BCUT2D eigenvalue weighted by atomic mass is 16.5. The molecule has 12 nitrogen and oxygen atoms in total. The lowest BCUT2D eigenvalue weighted by atomic mass is 10.00. The Morgan fingerprint density at radius 2 is 1.17 bits per heavy atom. The van der Waals surface area contributed by atoms with E-state index in [2.05, 4.69) is 157 Å². The molecule has 2 amide bonds. The standard InChI is InChI=1S/C60H76N8O4/c1-41(2)55(65(5)38-43-20-13-11-14-21-43)59(69)67-31-19-24-52(67)57-61-36-50(63-57)46-27-25-45(26-28-46)47-29-30-49-51-37-62-58(64-51)53-35-48(71-32-17-9-7-8-10-18-33-72-54(49)34-47)40-68(53)60(70)56(42(3)4)66(6)39-44-22-15-12-16-23-44/h11-16,20-23,25-30,34,36-37,41-42,48,52-53,55-56H,7-10,17-19,24,31-33,35,38-40H2,1-6H3,(H,61,63)(H,62,64)/t48-,52-,53-,55?,56?/m0/s1. The predicted molar refractivity (Wildman–Crippen MR) is 286 cm³/mol. The lowest BCUT2D eigenvalue weighted by molar-refractivity contribution is -0.140. The highest BCUT2D eigenvalue weighted by Crippen LogP contribution is 2.39. The van der Waals surface area contributed by atoms with Gasteiger partial charge in [0.05, 0.1) is 60.7 Å². The third kappa shape index (κ3) is 11.9. The Labute approximate surface area is 427 Å². The van der Waals surface area contributed by atoms with Crippen molar-refractivity contribution < 1.29 is 19.1 Å². The van der Waals surface area contributed by atoms with Gasteiger partial charge >= 0.3 is 0 Å². The van der Waals surface area contributed by atoms with Gasteiger partial charge in [-0.3, -0.25) is 19.4 Å². The van der Waals surface area contributed by atoms with Crippen LogP contribution in [0.15, 0.2) is 116 Å². The summed E-state index contributed by atoms with van der Waals surface area (Å²) >= 11 is 0. The van der Waals surface area contributed by atoms with Gasteiger partial charge in [0.2, 0.25) is 11.8 Å². The Hall–Kier alpha value is -6.08. The van der Waals surface area contributed by atoms with Crippen molar-refractivity contribution in [1.29, 1.82) is 0 Å². The van der Waals surface area contributed by atoms with Gasteiger partial charge in [0.15, 0.2) is 0 Å². The van der Waals surface area contributed by atoms with Crippen LogP contribution in [0.5, 0.6) is 5.75 Å². The summed E-state index contributed by atoms with van der Waals surface area (Å²) < 4.78 is 13.2. The van der Waals surface area contributed by atoms with E-state index in [1.807, 2.05) is 29.4 Å². The average Bonchev–Trinajstić information content (AvgIpc) is 4.23. The van der Waals surface area contributed by atoms with Crippen LogP contribution in [-0.2, 0) is 27.4 Å². The fourth-order valence-electron chi connectivity index (χ4n) is 11.5. The molecular formula is C60H76N8O4. The smallest absolute Gasteiger partial charge is 0.240 e. The molecule has 2 unspecified atom stereocenters.